The Morgan fingerprint density at radius 3 is 3.14 bits per heavy atom. The molecule has 112 valence electrons. The minimum absolute atomic E-state index is 0.145. The first-order chi connectivity index (χ1) is 10.2. The Labute approximate surface area is 128 Å². The minimum Gasteiger partial charge on any atom is -0.340 e. The summed E-state index contributed by atoms with van der Waals surface area (Å²) in [6.45, 7) is 5.37. The van der Waals surface area contributed by atoms with E-state index in [0.29, 0.717) is 12.4 Å². The van der Waals surface area contributed by atoms with Gasteiger partial charge in [-0.25, -0.2) is 0 Å². The molecule has 0 spiro atoms. The number of nitrogens with zero attached hydrogens (tertiary/aromatic N) is 3. The third kappa shape index (κ3) is 2.85. The Morgan fingerprint density at radius 1 is 1.57 bits per heavy atom. The van der Waals surface area contributed by atoms with Crippen molar-refractivity contribution in [2.45, 2.75) is 39.0 Å². The van der Waals surface area contributed by atoms with Crippen molar-refractivity contribution in [3.8, 4) is 0 Å². The average molecular weight is 305 g/mol. The molecule has 0 N–H and O–H groups in total. The van der Waals surface area contributed by atoms with Gasteiger partial charge in [-0.15, -0.1) is 11.3 Å². The van der Waals surface area contributed by atoms with Gasteiger partial charge in [0.15, 0.2) is 5.82 Å². The number of thiophene rings is 1. The van der Waals surface area contributed by atoms with Crippen molar-refractivity contribution in [1.29, 1.82) is 0 Å². The van der Waals surface area contributed by atoms with E-state index >= 15 is 0 Å². The molecule has 1 atom stereocenters. The first-order valence-corrected chi connectivity index (χ1v) is 8.23. The predicted octanol–water partition coefficient (Wildman–Crippen LogP) is 3.02. The summed E-state index contributed by atoms with van der Waals surface area (Å²) in [5.41, 5.74) is 1.14. The van der Waals surface area contributed by atoms with E-state index in [2.05, 4.69) is 17.1 Å². The summed E-state index contributed by atoms with van der Waals surface area (Å²) >= 11 is 1.54. The smallest absolute Gasteiger partial charge is 0.264 e. The second-order valence-electron chi connectivity index (χ2n) is 5.39. The third-order valence-corrected chi connectivity index (χ3v) is 4.88. The van der Waals surface area contributed by atoms with Crippen LogP contribution in [0.2, 0.25) is 0 Å². The molecule has 1 aliphatic heterocycles. The van der Waals surface area contributed by atoms with Gasteiger partial charge >= 0.3 is 0 Å². The number of likely N-dealkylation sites (tertiary alicyclic amines) is 1. The van der Waals surface area contributed by atoms with E-state index in [0.717, 1.165) is 42.1 Å². The molecule has 0 bridgehead atoms. The number of rotatable bonds is 3. The van der Waals surface area contributed by atoms with Crippen LogP contribution in [0.3, 0.4) is 0 Å². The molecule has 2 aromatic heterocycles. The molecule has 2 aromatic rings. The van der Waals surface area contributed by atoms with Crippen LogP contribution in [0.1, 0.15) is 52.6 Å². The van der Waals surface area contributed by atoms with E-state index in [9.17, 15) is 4.79 Å². The monoisotopic (exact) mass is 305 g/mol. The lowest BCUT2D eigenvalue weighted by molar-refractivity contribution is 0.0707. The summed E-state index contributed by atoms with van der Waals surface area (Å²) in [7, 11) is 0. The molecular formula is C15H19N3O2S. The molecule has 0 aromatic carbocycles. The number of hydrogen-bond acceptors (Lipinski definition) is 5. The molecule has 1 amide bonds. The number of hydrogen-bond donors (Lipinski definition) is 0. The van der Waals surface area contributed by atoms with Gasteiger partial charge in [-0.1, -0.05) is 12.1 Å². The molecule has 1 fully saturated rings. The van der Waals surface area contributed by atoms with E-state index in [1.807, 2.05) is 16.3 Å². The molecule has 21 heavy (non-hydrogen) atoms. The molecule has 1 saturated heterocycles. The first kappa shape index (κ1) is 14.3. The summed E-state index contributed by atoms with van der Waals surface area (Å²) in [5, 5.41) is 6.00. The second-order valence-corrected chi connectivity index (χ2v) is 6.31. The van der Waals surface area contributed by atoms with Crippen LogP contribution in [0, 0.1) is 6.92 Å². The highest BCUT2D eigenvalue weighted by Crippen LogP contribution is 2.27. The van der Waals surface area contributed by atoms with Crippen molar-refractivity contribution < 1.29 is 9.32 Å². The maximum absolute atomic E-state index is 12.7. The van der Waals surface area contributed by atoms with E-state index in [1.54, 1.807) is 6.92 Å². The highest BCUT2D eigenvalue weighted by molar-refractivity contribution is 7.12. The SMILES string of the molecule is CCc1ccsc1C(=O)N1CCC[C@@H](c2noc(C)n2)C1. The zero-order chi connectivity index (χ0) is 14.8. The molecule has 0 radical (unpaired) electrons. The van der Waals surface area contributed by atoms with Gasteiger partial charge in [0.2, 0.25) is 5.89 Å². The molecule has 0 saturated carbocycles. The van der Waals surface area contributed by atoms with Gasteiger partial charge < -0.3 is 9.42 Å². The van der Waals surface area contributed by atoms with Crippen LogP contribution in [0.15, 0.2) is 16.0 Å². The van der Waals surface area contributed by atoms with Crippen molar-refractivity contribution in [2.24, 2.45) is 0 Å². The Bertz CT molecular complexity index is 634. The van der Waals surface area contributed by atoms with E-state index in [-0.39, 0.29) is 11.8 Å². The summed E-state index contributed by atoms with van der Waals surface area (Å²) < 4.78 is 5.06. The minimum atomic E-state index is 0.145. The van der Waals surface area contributed by atoms with Crippen LogP contribution < -0.4 is 0 Å². The summed E-state index contributed by atoms with van der Waals surface area (Å²) in [6.07, 6.45) is 2.89. The number of aromatic nitrogens is 2. The predicted molar refractivity (Wildman–Crippen MR) is 80.6 cm³/mol. The van der Waals surface area contributed by atoms with Gasteiger partial charge in [-0.3, -0.25) is 4.79 Å². The highest BCUT2D eigenvalue weighted by Gasteiger charge is 2.29. The lowest BCUT2D eigenvalue weighted by Gasteiger charge is -2.31. The maximum atomic E-state index is 12.7. The molecule has 6 heteroatoms. The standard InChI is InChI=1S/C15H19N3O2S/c1-3-11-6-8-21-13(11)15(19)18-7-4-5-12(9-18)14-16-10(2)20-17-14/h6,8,12H,3-5,7,9H2,1-2H3/t12-/m1/s1. The van der Waals surface area contributed by atoms with Crippen molar-refractivity contribution in [1.82, 2.24) is 15.0 Å². The zero-order valence-corrected chi connectivity index (χ0v) is 13.2. The van der Waals surface area contributed by atoms with Gasteiger partial charge in [0.25, 0.3) is 5.91 Å². The van der Waals surface area contributed by atoms with E-state index in [4.69, 9.17) is 4.52 Å². The van der Waals surface area contributed by atoms with E-state index in [1.165, 1.54) is 11.3 Å². The molecule has 3 rings (SSSR count). The zero-order valence-electron chi connectivity index (χ0n) is 12.3. The highest BCUT2D eigenvalue weighted by atomic mass is 32.1. The lowest BCUT2D eigenvalue weighted by Crippen LogP contribution is -2.39. The van der Waals surface area contributed by atoms with Crippen LogP contribution in [-0.2, 0) is 6.42 Å². The molecular weight excluding hydrogens is 286 g/mol. The van der Waals surface area contributed by atoms with Gasteiger partial charge in [0, 0.05) is 25.9 Å². The summed E-state index contributed by atoms with van der Waals surface area (Å²) in [4.78, 5) is 19.8. The fourth-order valence-electron chi connectivity index (χ4n) is 2.80. The summed E-state index contributed by atoms with van der Waals surface area (Å²) in [5.74, 6) is 1.64. The van der Waals surface area contributed by atoms with Crippen LogP contribution in [-0.4, -0.2) is 34.0 Å². The Hall–Kier alpha value is -1.69. The molecule has 0 unspecified atom stereocenters. The maximum Gasteiger partial charge on any atom is 0.264 e. The van der Waals surface area contributed by atoms with Gasteiger partial charge in [0.1, 0.15) is 0 Å². The van der Waals surface area contributed by atoms with Crippen LogP contribution >= 0.6 is 11.3 Å². The Balaban J connectivity index is 1.75. The average Bonchev–Trinajstić information content (AvgIpc) is 3.15. The fourth-order valence-corrected chi connectivity index (χ4v) is 3.76. The van der Waals surface area contributed by atoms with Crippen molar-refractivity contribution in [3.63, 3.8) is 0 Å². The first-order valence-electron chi connectivity index (χ1n) is 7.35. The second kappa shape index (κ2) is 5.97. The summed E-state index contributed by atoms with van der Waals surface area (Å²) in [6, 6.07) is 2.04. The molecule has 1 aliphatic rings. The quantitative estimate of drug-likeness (QED) is 0.874. The number of carbonyl (C=O) groups is 1. The molecule has 0 aliphatic carbocycles. The van der Waals surface area contributed by atoms with Crippen molar-refractivity contribution in [3.05, 3.63) is 33.6 Å². The number of aryl methyl sites for hydroxylation is 2. The molecule has 5 nitrogen and oxygen atoms in total. The Morgan fingerprint density at radius 2 is 2.43 bits per heavy atom. The van der Waals surface area contributed by atoms with Gasteiger partial charge in [0.05, 0.1) is 4.88 Å². The van der Waals surface area contributed by atoms with Gasteiger partial charge in [-0.2, -0.15) is 4.98 Å². The largest absolute Gasteiger partial charge is 0.340 e. The third-order valence-electron chi connectivity index (χ3n) is 3.94. The normalized spacial score (nSPS) is 19.0. The number of amides is 1. The van der Waals surface area contributed by atoms with Crippen LogP contribution in [0.5, 0.6) is 0 Å². The van der Waals surface area contributed by atoms with Gasteiger partial charge in [-0.05, 0) is 36.3 Å². The van der Waals surface area contributed by atoms with E-state index < -0.39 is 0 Å². The topological polar surface area (TPSA) is 59.2 Å². The fraction of sp³-hybridized carbons (Fsp3) is 0.533. The lowest BCUT2D eigenvalue weighted by atomic mass is 9.97. The Kier molecular flexibility index (Phi) is 4.05. The molecule has 3 heterocycles. The number of piperidine rings is 1. The van der Waals surface area contributed by atoms with Crippen molar-refractivity contribution in [2.75, 3.05) is 13.1 Å². The number of carbonyl (C=O) groups excluding carboxylic acids is 1. The van der Waals surface area contributed by atoms with Crippen molar-refractivity contribution >= 4 is 17.2 Å². The van der Waals surface area contributed by atoms with Crippen LogP contribution in [0.4, 0.5) is 0 Å². The van der Waals surface area contributed by atoms with Crippen LogP contribution in [0.25, 0.3) is 0 Å².